The van der Waals surface area contributed by atoms with Crippen LogP contribution in [0.25, 0.3) is 0 Å². The van der Waals surface area contributed by atoms with Crippen LogP contribution in [0.3, 0.4) is 0 Å². The molecule has 1 aliphatic carbocycles. The van der Waals surface area contributed by atoms with Crippen LogP contribution in [0.4, 0.5) is 11.4 Å². The SMILES string of the molecule is NCc1ccc(NC2CC2)c([N+](=O)[O-])c1. The Morgan fingerprint density at radius 2 is 2.27 bits per heavy atom. The molecule has 1 fully saturated rings. The molecule has 0 unspecified atom stereocenters. The Balaban J connectivity index is 2.29. The monoisotopic (exact) mass is 207 g/mol. The van der Waals surface area contributed by atoms with Crippen LogP contribution < -0.4 is 11.1 Å². The average Bonchev–Trinajstić information content (AvgIpc) is 3.02. The molecule has 0 spiro atoms. The fraction of sp³-hybridized carbons (Fsp3) is 0.400. The molecule has 2 rings (SSSR count). The topological polar surface area (TPSA) is 81.2 Å². The van der Waals surface area contributed by atoms with Gasteiger partial charge in [0.05, 0.1) is 4.92 Å². The molecular weight excluding hydrogens is 194 g/mol. The standard InChI is InChI=1S/C10H13N3O2/c11-6-7-1-4-9(12-8-2-3-8)10(5-7)13(14)15/h1,4-5,8,12H,2-3,6,11H2. The maximum Gasteiger partial charge on any atom is 0.292 e. The van der Waals surface area contributed by atoms with Crippen LogP contribution in [0.5, 0.6) is 0 Å². The Morgan fingerprint density at radius 1 is 1.53 bits per heavy atom. The van der Waals surface area contributed by atoms with Gasteiger partial charge in [-0.1, -0.05) is 6.07 Å². The third kappa shape index (κ3) is 2.24. The Kier molecular flexibility index (Phi) is 2.55. The molecule has 1 aliphatic rings. The maximum atomic E-state index is 10.8. The van der Waals surface area contributed by atoms with E-state index in [4.69, 9.17) is 5.73 Å². The molecule has 5 nitrogen and oxygen atoms in total. The summed E-state index contributed by atoms with van der Waals surface area (Å²) in [6.45, 7) is 0.324. The fourth-order valence-corrected chi connectivity index (χ4v) is 1.42. The Morgan fingerprint density at radius 3 is 2.80 bits per heavy atom. The first-order valence-electron chi connectivity index (χ1n) is 4.94. The number of nitrogens with one attached hydrogen (secondary N) is 1. The van der Waals surface area contributed by atoms with Crippen LogP contribution in [0.15, 0.2) is 18.2 Å². The highest BCUT2D eigenvalue weighted by atomic mass is 16.6. The predicted molar refractivity (Wildman–Crippen MR) is 57.6 cm³/mol. The summed E-state index contributed by atoms with van der Waals surface area (Å²) in [7, 11) is 0. The molecule has 0 heterocycles. The molecule has 0 saturated heterocycles. The lowest BCUT2D eigenvalue weighted by Gasteiger charge is -2.06. The third-order valence-electron chi connectivity index (χ3n) is 2.43. The zero-order chi connectivity index (χ0) is 10.8. The molecule has 1 saturated carbocycles. The lowest BCUT2D eigenvalue weighted by atomic mass is 10.1. The highest BCUT2D eigenvalue weighted by Gasteiger charge is 2.24. The van der Waals surface area contributed by atoms with Gasteiger partial charge in [0, 0.05) is 18.7 Å². The third-order valence-corrected chi connectivity index (χ3v) is 2.43. The molecule has 0 aromatic heterocycles. The second kappa shape index (κ2) is 3.86. The van der Waals surface area contributed by atoms with E-state index < -0.39 is 0 Å². The second-order valence-corrected chi connectivity index (χ2v) is 3.73. The first-order valence-corrected chi connectivity index (χ1v) is 4.94. The van der Waals surface area contributed by atoms with Crippen molar-refractivity contribution in [2.24, 2.45) is 5.73 Å². The van der Waals surface area contributed by atoms with Crippen molar-refractivity contribution in [3.8, 4) is 0 Å². The molecule has 15 heavy (non-hydrogen) atoms. The number of nitrogens with two attached hydrogens (primary N) is 1. The van der Waals surface area contributed by atoms with E-state index in [9.17, 15) is 10.1 Å². The Labute approximate surface area is 87.4 Å². The molecule has 1 aromatic carbocycles. The lowest BCUT2D eigenvalue weighted by Crippen LogP contribution is -2.05. The maximum absolute atomic E-state index is 10.8. The summed E-state index contributed by atoms with van der Waals surface area (Å²) in [4.78, 5) is 10.4. The fourth-order valence-electron chi connectivity index (χ4n) is 1.42. The van der Waals surface area contributed by atoms with Gasteiger partial charge in [-0.05, 0) is 24.5 Å². The van der Waals surface area contributed by atoms with Gasteiger partial charge in [-0.25, -0.2) is 0 Å². The van der Waals surface area contributed by atoms with Crippen LogP contribution in [0.1, 0.15) is 18.4 Å². The summed E-state index contributed by atoms with van der Waals surface area (Å²) in [5.41, 5.74) is 6.93. The summed E-state index contributed by atoms with van der Waals surface area (Å²) in [6.07, 6.45) is 2.19. The van der Waals surface area contributed by atoms with E-state index in [0.717, 1.165) is 18.4 Å². The number of nitro benzene ring substituents is 1. The number of nitro groups is 1. The van der Waals surface area contributed by atoms with Crippen LogP contribution >= 0.6 is 0 Å². The van der Waals surface area contributed by atoms with Crippen molar-refractivity contribution in [2.45, 2.75) is 25.4 Å². The number of nitrogens with zero attached hydrogens (tertiary/aromatic N) is 1. The van der Waals surface area contributed by atoms with Crippen molar-refractivity contribution in [1.82, 2.24) is 0 Å². The Hall–Kier alpha value is -1.62. The van der Waals surface area contributed by atoms with Crippen molar-refractivity contribution >= 4 is 11.4 Å². The number of benzene rings is 1. The van der Waals surface area contributed by atoms with Crippen LogP contribution in [-0.4, -0.2) is 11.0 Å². The number of rotatable bonds is 4. The minimum absolute atomic E-state index is 0.116. The molecule has 0 amide bonds. The largest absolute Gasteiger partial charge is 0.377 e. The molecule has 80 valence electrons. The summed E-state index contributed by atoms with van der Waals surface area (Å²) >= 11 is 0. The van der Waals surface area contributed by atoms with Gasteiger partial charge in [-0.15, -0.1) is 0 Å². The van der Waals surface area contributed by atoms with Crippen molar-refractivity contribution in [3.05, 3.63) is 33.9 Å². The van der Waals surface area contributed by atoms with Crippen LogP contribution in [0.2, 0.25) is 0 Å². The molecule has 5 heteroatoms. The van der Waals surface area contributed by atoms with Crippen molar-refractivity contribution in [1.29, 1.82) is 0 Å². The van der Waals surface area contributed by atoms with E-state index >= 15 is 0 Å². The van der Waals surface area contributed by atoms with E-state index in [1.807, 2.05) is 6.07 Å². The summed E-state index contributed by atoms with van der Waals surface area (Å²) < 4.78 is 0. The van der Waals surface area contributed by atoms with Gasteiger partial charge in [0.1, 0.15) is 5.69 Å². The van der Waals surface area contributed by atoms with Gasteiger partial charge < -0.3 is 11.1 Å². The van der Waals surface area contributed by atoms with E-state index in [0.29, 0.717) is 18.3 Å². The summed E-state index contributed by atoms with van der Waals surface area (Å²) in [6, 6.07) is 5.49. The highest BCUT2D eigenvalue weighted by Crippen LogP contribution is 2.31. The van der Waals surface area contributed by atoms with Crippen LogP contribution in [-0.2, 0) is 6.54 Å². The molecule has 0 bridgehead atoms. The molecule has 3 N–H and O–H groups in total. The zero-order valence-electron chi connectivity index (χ0n) is 8.27. The molecular formula is C10H13N3O2. The molecule has 1 aromatic rings. The van der Waals surface area contributed by atoms with Gasteiger partial charge in [0.2, 0.25) is 0 Å². The van der Waals surface area contributed by atoms with Gasteiger partial charge in [0.15, 0.2) is 0 Å². The predicted octanol–water partition coefficient (Wildman–Crippen LogP) is 1.63. The zero-order valence-corrected chi connectivity index (χ0v) is 8.27. The van der Waals surface area contributed by atoms with Crippen LogP contribution in [0, 0.1) is 10.1 Å². The van der Waals surface area contributed by atoms with Crippen molar-refractivity contribution in [2.75, 3.05) is 5.32 Å². The van der Waals surface area contributed by atoms with E-state index in [1.165, 1.54) is 6.07 Å². The van der Waals surface area contributed by atoms with Crippen molar-refractivity contribution < 1.29 is 4.92 Å². The molecule has 0 atom stereocenters. The quantitative estimate of drug-likeness (QED) is 0.580. The number of hydrogen-bond acceptors (Lipinski definition) is 4. The van der Waals surface area contributed by atoms with E-state index in [1.54, 1.807) is 6.07 Å². The lowest BCUT2D eigenvalue weighted by molar-refractivity contribution is -0.384. The molecule has 0 radical (unpaired) electrons. The summed E-state index contributed by atoms with van der Waals surface area (Å²) in [5, 5.41) is 14.0. The van der Waals surface area contributed by atoms with Gasteiger partial charge in [-0.2, -0.15) is 0 Å². The number of anilines is 1. The second-order valence-electron chi connectivity index (χ2n) is 3.73. The van der Waals surface area contributed by atoms with Gasteiger partial charge in [-0.3, -0.25) is 10.1 Å². The minimum atomic E-state index is -0.371. The molecule has 0 aliphatic heterocycles. The van der Waals surface area contributed by atoms with Gasteiger partial charge in [0.25, 0.3) is 5.69 Å². The first kappa shape index (κ1) is 9.92. The average molecular weight is 207 g/mol. The first-order chi connectivity index (χ1) is 7.20. The highest BCUT2D eigenvalue weighted by molar-refractivity contribution is 5.63. The normalized spacial score (nSPS) is 15.0. The summed E-state index contributed by atoms with van der Waals surface area (Å²) in [5.74, 6) is 0. The van der Waals surface area contributed by atoms with Gasteiger partial charge >= 0.3 is 0 Å². The number of hydrogen-bond donors (Lipinski definition) is 2. The smallest absolute Gasteiger partial charge is 0.292 e. The minimum Gasteiger partial charge on any atom is -0.377 e. The van der Waals surface area contributed by atoms with E-state index in [-0.39, 0.29) is 10.6 Å². The van der Waals surface area contributed by atoms with Crippen molar-refractivity contribution in [3.63, 3.8) is 0 Å². The van der Waals surface area contributed by atoms with E-state index in [2.05, 4.69) is 5.32 Å². The Bertz CT molecular complexity index is 388.